The molecule has 3 aliphatic rings. The number of carbonyl (C=O) groups is 1. The molecule has 0 unspecified atom stereocenters. The summed E-state index contributed by atoms with van der Waals surface area (Å²) in [5.74, 6) is 1.05. The SMILES string of the molecule is COC(=O)[C@@H]1C[C@@H](S(=O)(=O)CC2CC2)CN1c1cc(C)nn1C1CCC1. The number of nitrogens with zero attached hydrogens (tertiary/aromatic N) is 3. The lowest BCUT2D eigenvalue weighted by atomic mass is 9.93. The second kappa shape index (κ2) is 6.55. The number of hydrogen-bond acceptors (Lipinski definition) is 6. The van der Waals surface area contributed by atoms with Crippen molar-refractivity contribution < 1.29 is 17.9 Å². The molecule has 2 heterocycles. The minimum atomic E-state index is -3.21. The highest BCUT2D eigenvalue weighted by Gasteiger charge is 2.46. The van der Waals surface area contributed by atoms with Gasteiger partial charge in [0.2, 0.25) is 0 Å². The fourth-order valence-electron chi connectivity index (χ4n) is 4.04. The summed E-state index contributed by atoms with van der Waals surface area (Å²) in [6.07, 6.45) is 5.65. The van der Waals surface area contributed by atoms with Gasteiger partial charge in [0.15, 0.2) is 9.84 Å². The minimum Gasteiger partial charge on any atom is -0.467 e. The summed E-state index contributed by atoms with van der Waals surface area (Å²) in [5.41, 5.74) is 0.889. The predicted octanol–water partition coefficient (Wildman–Crippen LogP) is 1.86. The van der Waals surface area contributed by atoms with Gasteiger partial charge in [-0.15, -0.1) is 0 Å². The number of aryl methyl sites for hydroxylation is 1. The van der Waals surface area contributed by atoms with Gasteiger partial charge in [0.05, 0.1) is 29.8 Å². The van der Waals surface area contributed by atoms with Crippen molar-refractivity contribution in [1.29, 1.82) is 0 Å². The second-order valence-electron chi connectivity index (χ2n) is 8.00. The van der Waals surface area contributed by atoms with Crippen molar-refractivity contribution >= 4 is 21.6 Å². The Morgan fingerprint density at radius 1 is 1.31 bits per heavy atom. The van der Waals surface area contributed by atoms with E-state index >= 15 is 0 Å². The maximum absolute atomic E-state index is 12.8. The summed E-state index contributed by atoms with van der Waals surface area (Å²) >= 11 is 0. The van der Waals surface area contributed by atoms with Crippen LogP contribution in [0, 0.1) is 12.8 Å². The van der Waals surface area contributed by atoms with Gasteiger partial charge in [-0.05, 0) is 51.4 Å². The van der Waals surface area contributed by atoms with Crippen LogP contribution in [-0.2, 0) is 19.4 Å². The zero-order chi connectivity index (χ0) is 18.5. The van der Waals surface area contributed by atoms with Gasteiger partial charge >= 0.3 is 5.97 Å². The molecule has 2 atom stereocenters. The molecule has 144 valence electrons. The van der Waals surface area contributed by atoms with Crippen LogP contribution in [0.4, 0.5) is 5.82 Å². The molecule has 2 aliphatic carbocycles. The van der Waals surface area contributed by atoms with Crippen molar-refractivity contribution in [2.24, 2.45) is 5.92 Å². The van der Waals surface area contributed by atoms with E-state index in [0.717, 1.165) is 37.2 Å². The van der Waals surface area contributed by atoms with Crippen LogP contribution in [0.15, 0.2) is 6.07 Å². The Morgan fingerprint density at radius 3 is 2.62 bits per heavy atom. The van der Waals surface area contributed by atoms with Gasteiger partial charge in [-0.2, -0.15) is 5.10 Å². The third-order valence-corrected chi connectivity index (χ3v) is 8.26. The zero-order valence-electron chi connectivity index (χ0n) is 15.4. The molecule has 1 aliphatic heterocycles. The lowest BCUT2D eigenvalue weighted by molar-refractivity contribution is -0.141. The van der Waals surface area contributed by atoms with Gasteiger partial charge in [0, 0.05) is 12.6 Å². The third kappa shape index (κ3) is 3.23. The van der Waals surface area contributed by atoms with Crippen LogP contribution in [0.1, 0.15) is 50.3 Å². The maximum atomic E-state index is 12.8. The molecule has 0 amide bonds. The number of sulfone groups is 1. The number of esters is 1. The van der Waals surface area contributed by atoms with Crippen LogP contribution in [0.2, 0.25) is 0 Å². The van der Waals surface area contributed by atoms with Gasteiger partial charge in [-0.3, -0.25) is 0 Å². The lowest BCUT2D eigenvalue weighted by Crippen LogP contribution is -2.39. The van der Waals surface area contributed by atoms with Crippen molar-refractivity contribution in [2.75, 3.05) is 24.3 Å². The van der Waals surface area contributed by atoms with Crippen molar-refractivity contribution in [3.05, 3.63) is 11.8 Å². The number of aromatic nitrogens is 2. The zero-order valence-corrected chi connectivity index (χ0v) is 16.2. The molecule has 0 spiro atoms. The van der Waals surface area contributed by atoms with Gasteiger partial charge in [-0.25, -0.2) is 17.9 Å². The molecule has 0 radical (unpaired) electrons. The van der Waals surface area contributed by atoms with Gasteiger partial charge in [0.25, 0.3) is 0 Å². The minimum absolute atomic E-state index is 0.250. The quantitative estimate of drug-likeness (QED) is 0.700. The van der Waals surface area contributed by atoms with E-state index in [1.165, 1.54) is 13.5 Å². The molecule has 3 fully saturated rings. The summed E-state index contributed by atoms with van der Waals surface area (Å²) in [7, 11) is -1.85. The first-order chi connectivity index (χ1) is 12.4. The summed E-state index contributed by atoms with van der Waals surface area (Å²) < 4.78 is 32.6. The number of carbonyl (C=O) groups excluding carboxylic acids is 1. The molecule has 0 N–H and O–H groups in total. The van der Waals surface area contributed by atoms with Crippen LogP contribution in [0.25, 0.3) is 0 Å². The number of anilines is 1. The Bertz CT molecular complexity index is 795. The average Bonchev–Trinajstić information content (AvgIpc) is 3.08. The van der Waals surface area contributed by atoms with Crippen molar-refractivity contribution in [3.8, 4) is 0 Å². The first kappa shape index (κ1) is 17.8. The summed E-state index contributed by atoms with van der Waals surface area (Å²) in [5, 5.41) is 4.10. The maximum Gasteiger partial charge on any atom is 0.328 e. The largest absolute Gasteiger partial charge is 0.467 e. The van der Waals surface area contributed by atoms with Gasteiger partial charge in [-0.1, -0.05) is 0 Å². The van der Waals surface area contributed by atoms with Gasteiger partial charge in [0.1, 0.15) is 11.9 Å². The number of ether oxygens (including phenoxy) is 1. The fourth-order valence-corrected chi connectivity index (χ4v) is 6.16. The van der Waals surface area contributed by atoms with Crippen molar-refractivity contribution in [3.63, 3.8) is 0 Å². The summed E-state index contributed by atoms with van der Waals surface area (Å²) in [6.45, 7) is 2.27. The molecule has 4 rings (SSSR count). The average molecular weight is 381 g/mol. The monoisotopic (exact) mass is 381 g/mol. The molecule has 2 saturated carbocycles. The highest BCUT2D eigenvalue weighted by molar-refractivity contribution is 7.92. The second-order valence-corrected chi connectivity index (χ2v) is 10.3. The normalized spacial score (nSPS) is 26.8. The van der Waals surface area contributed by atoms with Crippen molar-refractivity contribution in [1.82, 2.24) is 9.78 Å². The molecule has 8 heteroatoms. The molecule has 1 saturated heterocycles. The molecule has 26 heavy (non-hydrogen) atoms. The molecule has 1 aromatic heterocycles. The first-order valence-corrected chi connectivity index (χ1v) is 11.2. The molecule has 0 bridgehead atoms. The molecule has 1 aromatic rings. The third-order valence-electron chi connectivity index (χ3n) is 5.96. The first-order valence-electron chi connectivity index (χ1n) is 9.51. The number of hydrogen-bond donors (Lipinski definition) is 0. The van der Waals surface area contributed by atoms with E-state index in [9.17, 15) is 13.2 Å². The van der Waals surface area contributed by atoms with E-state index in [2.05, 4.69) is 5.10 Å². The van der Waals surface area contributed by atoms with E-state index in [0.29, 0.717) is 24.9 Å². The molecule has 7 nitrogen and oxygen atoms in total. The standard InChI is InChI=1S/C18H27N3O4S/c1-12-8-17(21(19-12)14-4-3-5-14)20-10-15(9-16(20)18(22)25-2)26(23,24)11-13-6-7-13/h8,13-16H,3-7,9-11H2,1-2H3/t15-,16+/m1/s1. The smallest absolute Gasteiger partial charge is 0.328 e. The Balaban J connectivity index is 1.63. The van der Waals surface area contributed by atoms with Crippen molar-refractivity contribution in [2.45, 2.75) is 62.8 Å². The van der Waals surface area contributed by atoms with Gasteiger partial charge < -0.3 is 9.64 Å². The van der Waals surface area contributed by atoms with E-state index in [1.807, 2.05) is 22.6 Å². The molecule has 0 aromatic carbocycles. The van der Waals surface area contributed by atoms with E-state index < -0.39 is 21.1 Å². The Morgan fingerprint density at radius 2 is 2.04 bits per heavy atom. The topological polar surface area (TPSA) is 81.5 Å². The molecular formula is C18H27N3O4S. The highest BCUT2D eigenvalue weighted by atomic mass is 32.2. The number of methoxy groups -OCH3 is 1. The van der Waals surface area contributed by atoms with Crippen LogP contribution in [0.5, 0.6) is 0 Å². The van der Waals surface area contributed by atoms with E-state index in [-0.39, 0.29) is 11.7 Å². The fraction of sp³-hybridized carbons (Fsp3) is 0.778. The summed E-state index contributed by atoms with van der Waals surface area (Å²) in [6, 6.07) is 1.75. The number of rotatable bonds is 6. The predicted molar refractivity (Wildman–Crippen MR) is 97.9 cm³/mol. The van der Waals surface area contributed by atoms with Crippen LogP contribution in [-0.4, -0.2) is 54.9 Å². The Kier molecular flexibility index (Phi) is 4.49. The van der Waals surface area contributed by atoms with E-state index in [4.69, 9.17) is 4.74 Å². The summed E-state index contributed by atoms with van der Waals surface area (Å²) in [4.78, 5) is 14.3. The molecular weight excluding hydrogens is 354 g/mol. The Hall–Kier alpha value is -1.57. The van der Waals surface area contributed by atoms with Crippen LogP contribution >= 0.6 is 0 Å². The van der Waals surface area contributed by atoms with Crippen LogP contribution in [0.3, 0.4) is 0 Å². The highest BCUT2D eigenvalue weighted by Crippen LogP contribution is 2.39. The van der Waals surface area contributed by atoms with E-state index in [1.54, 1.807) is 0 Å². The van der Waals surface area contributed by atoms with Crippen LogP contribution < -0.4 is 4.90 Å². The lowest BCUT2D eigenvalue weighted by Gasteiger charge is -2.32. The Labute approximate surface area is 154 Å².